The summed E-state index contributed by atoms with van der Waals surface area (Å²) >= 11 is 0. The summed E-state index contributed by atoms with van der Waals surface area (Å²) < 4.78 is 0. The number of fused-ring (bicyclic) bond motifs is 3. The Morgan fingerprint density at radius 3 is 2.38 bits per heavy atom. The van der Waals surface area contributed by atoms with Crippen LogP contribution in [0.15, 0.2) is 83.5 Å². The number of ketones is 1. The summed E-state index contributed by atoms with van der Waals surface area (Å²) in [5.74, 6) is 0.128. The van der Waals surface area contributed by atoms with Gasteiger partial charge in [-0.05, 0) is 53.3 Å². The zero-order chi connectivity index (χ0) is 16.8. The molecule has 24 heavy (non-hydrogen) atoms. The summed E-state index contributed by atoms with van der Waals surface area (Å²) in [5, 5.41) is 0. The number of carbonyl (C=O) groups is 1. The minimum atomic E-state index is 0.128. The Labute approximate surface area is 142 Å². The Morgan fingerprint density at radius 1 is 0.917 bits per heavy atom. The van der Waals surface area contributed by atoms with E-state index in [-0.39, 0.29) is 5.78 Å². The lowest BCUT2D eigenvalue weighted by atomic mass is 9.80. The van der Waals surface area contributed by atoms with E-state index in [2.05, 4.69) is 36.9 Å². The number of benzene rings is 2. The molecule has 1 heteroatoms. The van der Waals surface area contributed by atoms with Gasteiger partial charge in [-0.25, -0.2) is 0 Å². The highest BCUT2D eigenvalue weighted by atomic mass is 16.1. The van der Waals surface area contributed by atoms with Crippen molar-refractivity contribution in [1.29, 1.82) is 0 Å². The molecule has 2 aromatic rings. The van der Waals surface area contributed by atoms with Gasteiger partial charge < -0.3 is 0 Å². The molecule has 116 valence electrons. The molecule has 0 aromatic heterocycles. The van der Waals surface area contributed by atoms with E-state index in [9.17, 15) is 4.79 Å². The molecular weight excluding hydrogens is 292 g/mol. The van der Waals surface area contributed by atoms with Crippen LogP contribution in [0.1, 0.15) is 25.0 Å². The Bertz CT molecular complexity index is 982. The van der Waals surface area contributed by atoms with E-state index in [1.165, 1.54) is 0 Å². The van der Waals surface area contributed by atoms with Crippen LogP contribution >= 0.6 is 0 Å². The van der Waals surface area contributed by atoms with Crippen LogP contribution in [0.5, 0.6) is 0 Å². The molecule has 2 aliphatic carbocycles. The normalized spacial score (nSPS) is 16.1. The van der Waals surface area contributed by atoms with Gasteiger partial charge in [0.15, 0.2) is 5.78 Å². The molecule has 0 radical (unpaired) electrons. The van der Waals surface area contributed by atoms with Gasteiger partial charge in [-0.15, -0.1) is 0 Å². The van der Waals surface area contributed by atoms with Gasteiger partial charge in [0.25, 0.3) is 0 Å². The first-order valence-electron chi connectivity index (χ1n) is 8.13. The summed E-state index contributed by atoms with van der Waals surface area (Å²) in [6.07, 6.45) is 3.91. The van der Waals surface area contributed by atoms with Gasteiger partial charge in [-0.3, -0.25) is 4.79 Å². The average Bonchev–Trinajstić information content (AvgIpc) is 3.01. The zero-order valence-corrected chi connectivity index (χ0v) is 13.9. The second kappa shape index (κ2) is 5.31. The van der Waals surface area contributed by atoms with E-state index in [4.69, 9.17) is 0 Å². The summed E-state index contributed by atoms with van der Waals surface area (Å²) in [5.41, 5.74) is 9.32. The second-order valence-electron chi connectivity index (χ2n) is 6.27. The minimum absolute atomic E-state index is 0.128. The van der Waals surface area contributed by atoms with E-state index in [0.29, 0.717) is 0 Å². The van der Waals surface area contributed by atoms with E-state index < -0.39 is 0 Å². The molecule has 0 saturated carbocycles. The SMILES string of the molecule is C=CC1=C2C(=Cc3cccc(-c4ccccc4)c32)C(=O)C(C)=C1C. The molecule has 0 N–H and O–H groups in total. The van der Waals surface area contributed by atoms with Crippen molar-refractivity contribution in [3.8, 4) is 11.1 Å². The molecule has 2 aliphatic rings. The van der Waals surface area contributed by atoms with Crippen LogP contribution in [0.3, 0.4) is 0 Å². The highest BCUT2D eigenvalue weighted by Gasteiger charge is 2.33. The average molecular weight is 310 g/mol. The predicted octanol–water partition coefficient (Wildman–Crippen LogP) is 5.61. The van der Waals surface area contributed by atoms with Crippen molar-refractivity contribution in [2.45, 2.75) is 13.8 Å². The maximum atomic E-state index is 12.8. The molecule has 0 heterocycles. The van der Waals surface area contributed by atoms with Crippen molar-refractivity contribution in [2.24, 2.45) is 0 Å². The first-order valence-corrected chi connectivity index (χ1v) is 8.13. The van der Waals surface area contributed by atoms with Crippen molar-refractivity contribution in [1.82, 2.24) is 0 Å². The molecule has 2 aromatic carbocycles. The molecule has 0 amide bonds. The first kappa shape index (κ1) is 14.6. The smallest absolute Gasteiger partial charge is 0.189 e. The van der Waals surface area contributed by atoms with Gasteiger partial charge in [0.2, 0.25) is 0 Å². The van der Waals surface area contributed by atoms with Crippen LogP contribution in [-0.2, 0) is 4.79 Å². The highest BCUT2D eigenvalue weighted by molar-refractivity contribution is 6.28. The Kier molecular flexibility index (Phi) is 3.24. The molecule has 0 fully saturated rings. The Morgan fingerprint density at radius 2 is 1.67 bits per heavy atom. The molecule has 0 unspecified atom stereocenters. The highest BCUT2D eigenvalue weighted by Crippen LogP contribution is 2.48. The maximum absolute atomic E-state index is 12.8. The summed E-state index contributed by atoms with van der Waals surface area (Å²) in [4.78, 5) is 12.8. The van der Waals surface area contributed by atoms with Gasteiger partial charge in [0, 0.05) is 16.7 Å². The van der Waals surface area contributed by atoms with E-state index in [1.54, 1.807) is 0 Å². The van der Waals surface area contributed by atoms with Crippen LogP contribution < -0.4 is 0 Å². The molecule has 1 nitrogen and oxygen atoms in total. The second-order valence-corrected chi connectivity index (χ2v) is 6.27. The molecule has 0 atom stereocenters. The van der Waals surface area contributed by atoms with Crippen LogP contribution in [0, 0.1) is 0 Å². The zero-order valence-electron chi connectivity index (χ0n) is 13.9. The molecular formula is C23H18O. The fourth-order valence-corrected chi connectivity index (χ4v) is 3.67. The van der Waals surface area contributed by atoms with E-state index in [0.717, 1.165) is 50.1 Å². The topological polar surface area (TPSA) is 17.1 Å². The van der Waals surface area contributed by atoms with Gasteiger partial charge in [-0.1, -0.05) is 61.2 Å². The first-order chi connectivity index (χ1) is 11.6. The number of carbonyl (C=O) groups excluding carboxylic acids is 1. The predicted molar refractivity (Wildman–Crippen MR) is 100 cm³/mol. The van der Waals surface area contributed by atoms with Crippen molar-refractivity contribution in [3.05, 3.63) is 94.6 Å². The van der Waals surface area contributed by atoms with Gasteiger partial charge in [0.05, 0.1) is 0 Å². The van der Waals surface area contributed by atoms with Gasteiger partial charge >= 0.3 is 0 Å². The quantitative estimate of drug-likeness (QED) is 0.704. The largest absolute Gasteiger partial charge is 0.289 e. The van der Waals surface area contributed by atoms with Crippen LogP contribution in [0.2, 0.25) is 0 Å². The third-order valence-corrected chi connectivity index (χ3v) is 5.03. The number of hydrogen-bond donors (Lipinski definition) is 0. The summed E-state index contributed by atoms with van der Waals surface area (Å²) in [6, 6.07) is 16.6. The van der Waals surface area contributed by atoms with Crippen molar-refractivity contribution in [3.63, 3.8) is 0 Å². The number of rotatable bonds is 2. The van der Waals surface area contributed by atoms with E-state index in [1.807, 2.05) is 44.2 Å². The Hall–Kier alpha value is -2.93. The number of Topliss-reactive ketones (excluding diaryl/α,β-unsaturated/α-hetero) is 1. The number of hydrogen-bond acceptors (Lipinski definition) is 1. The fourth-order valence-electron chi connectivity index (χ4n) is 3.67. The molecule has 0 spiro atoms. The van der Waals surface area contributed by atoms with Crippen LogP contribution in [0.25, 0.3) is 22.8 Å². The maximum Gasteiger partial charge on any atom is 0.189 e. The summed E-state index contributed by atoms with van der Waals surface area (Å²) in [6.45, 7) is 7.91. The lowest BCUT2D eigenvalue weighted by Crippen LogP contribution is -2.13. The van der Waals surface area contributed by atoms with E-state index >= 15 is 0 Å². The molecule has 0 saturated heterocycles. The monoisotopic (exact) mass is 310 g/mol. The third kappa shape index (κ3) is 1.91. The lowest BCUT2D eigenvalue weighted by Gasteiger charge is -2.22. The molecule has 4 rings (SSSR count). The Balaban J connectivity index is 2.07. The van der Waals surface area contributed by atoms with Crippen molar-refractivity contribution < 1.29 is 4.79 Å². The number of allylic oxidation sites excluding steroid dienone is 6. The van der Waals surface area contributed by atoms with Crippen LogP contribution in [0.4, 0.5) is 0 Å². The van der Waals surface area contributed by atoms with Crippen LogP contribution in [-0.4, -0.2) is 5.78 Å². The standard InChI is InChI=1S/C23H18O/c1-4-18-14(2)15(3)23(24)20-13-17-11-8-12-19(21(17)22(18)20)16-9-6-5-7-10-16/h4-13H,1H2,2-3H3. The third-order valence-electron chi connectivity index (χ3n) is 5.03. The van der Waals surface area contributed by atoms with Gasteiger partial charge in [-0.2, -0.15) is 0 Å². The molecule has 0 bridgehead atoms. The lowest BCUT2D eigenvalue weighted by molar-refractivity contribution is -0.111. The summed E-state index contributed by atoms with van der Waals surface area (Å²) in [7, 11) is 0. The molecule has 0 aliphatic heterocycles. The fraction of sp³-hybridized carbons (Fsp3) is 0.0870. The van der Waals surface area contributed by atoms with Gasteiger partial charge in [0.1, 0.15) is 0 Å². The van der Waals surface area contributed by atoms with Crippen molar-refractivity contribution in [2.75, 3.05) is 0 Å². The van der Waals surface area contributed by atoms with Crippen molar-refractivity contribution >= 4 is 17.4 Å². The minimum Gasteiger partial charge on any atom is -0.289 e.